The van der Waals surface area contributed by atoms with Crippen LogP contribution in [0.4, 0.5) is 9.52 Å². The van der Waals surface area contributed by atoms with E-state index < -0.39 is 17.3 Å². The van der Waals surface area contributed by atoms with Gasteiger partial charge in [-0.2, -0.15) is 5.26 Å². The SMILES string of the molecule is C\C(O)=C/C(F)=C(O)\C(O)=C\c1nc(N)sc1C#N. The number of nitrogens with two attached hydrogens (primary N) is 1. The number of hydrogen-bond acceptors (Lipinski definition) is 7. The number of aromatic nitrogens is 1. The molecule has 0 radical (unpaired) electrons. The summed E-state index contributed by atoms with van der Waals surface area (Å²) < 4.78 is 13.3. The highest BCUT2D eigenvalue weighted by atomic mass is 32.1. The average Bonchev–Trinajstić information content (AvgIpc) is 2.67. The first kappa shape index (κ1) is 14.5. The van der Waals surface area contributed by atoms with Crippen LogP contribution in [0.25, 0.3) is 6.08 Å². The summed E-state index contributed by atoms with van der Waals surface area (Å²) in [6, 6.07) is 1.80. The molecular formula is C11H10FN3O3S. The quantitative estimate of drug-likeness (QED) is 0.499. The van der Waals surface area contributed by atoms with E-state index in [1.165, 1.54) is 6.92 Å². The van der Waals surface area contributed by atoms with Gasteiger partial charge in [-0.3, -0.25) is 0 Å². The van der Waals surface area contributed by atoms with Gasteiger partial charge in [-0.1, -0.05) is 11.3 Å². The van der Waals surface area contributed by atoms with Crippen LogP contribution in [0.15, 0.2) is 29.2 Å². The largest absolute Gasteiger partial charge is 0.513 e. The highest BCUT2D eigenvalue weighted by Crippen LogP contribution is 2.23. The molecule has 0 aromatic carbocycles. The minimum Gasteiger partial charge on any atom is -0.513 e. The zero-order valence-electron chi connectivity index (χ0n) is 9.75. The second kappa shape index (κ2) is 5.88. The summed E-state index contributed by atoms with van der Waals surface area (Å²) >= 11 is 0.894. The number of thiazole rings is 1. The van der Waals surface area contributed by atoms with Gasteiger partial charge in [-0.25, -0.2) is 9.37 Å². The smallest absolute Gasteiger partial charge is 0.194 e. The van der Waals surface area contributed by atoms with Crippen molar-refractivity contribution < 1.29 is 19.7 Å². The van der Waals surface area contributed by atoms with Gasteiger partial charge in [-0.15, -0.1) is 0 Å². The molecule has 0 unspecified atom stereocenters. The van der Waals surface area contributed by atoms with E-state index in [1.54, 1.807) is 6.07 Å². The van der Waals surface area contributed by atoms with Crippen molar-refractivity contribution in [2.75, 3.05) is 5.73 Å². The van der Waals surface area contributed by atoms with Crippen LogP contribution in [-0.4, -0.2) is 20.3 Å². The van der Waals surface area contributed by atoms with Gasteiger partial charge in [0.15, 0.2) is 22.5 Å². The number of halogens is 1. The molecule has 0 aliphatic carbocycles. The minimum atomic E-state index is -1.23. The number of aliphatic hydroxyl groups excluding tert-OH is 3. The Hall–Kier alpha value is -2.53. The molecule has 6 nitrogen and oxygen atoms in total. The Morgan fingerprint density at radius 3 is 2.63 bits per heavy atom. The second-order valence-electron chi connectivity index (χ2n) is 3.39. The summed E-state index contributed by atoms with van der Waals surface area (Å²) in [5.41, 5.74) is 5.41. The number of nitrogens with zero attached hydrogens (tertiary/aromatic N) is 2. The van der Waals surface area contributed by atoms with Gasteiger partial charge >= 0.3 is 0 Å². The zero-order valence-corrected chi connectivity index (χ0v) is 10.6. The summed E-state index contributed by atoms with van der Waals surface area (Å²) in [7, 11) is 0. The van der Waals surface area contributed by atoms with Crippen molar-refractivity contribution in [3.63, 3.8) is 0 Å². The molecular weight excluding hydrogens is 273 g/mol. The van der Waals surface area contributed by atoms with Crippen LogP contribution >= 0.6 is 11.3 Å². The first-order chi connectivity index (χ1) is 8.85. The number of nitriles is 1. The van der Waals surface area contributed by atoms with Crippen molar-refractivity contribution in [2.45, 2.75) is 6.92 Å². The van der Waals surface area contributed by atoms with E-state index in [-0.39, 0.29) is 21.5 Å². The predicted octanol–water partition coefficient (Wildman–Crippen LogP) is 2.70. The van der Waals surface area contributed by atoms with E-state index in [0.717, 1.165) is 17.4 Å². The van der Waals surface area contributed by atoms with Gasteiger partial charge in [0.05, 0.1) is 11.5 Å². The van der Waals surface area contributed by atoms with Crippen molar-refractivity contribution in [3.8, 4) is 6.07 Å². The fraction of sp³-hybridized carbons (Fsp3) is 0.0909. The first-order valence-electron chi connectivity index (χ1n) is 4.88. The third-order valence-corrected chi connectivity index (χ3v) is 2.65. The average molecular weight is 283 g/mol. The Labute approximate surface area is 111 Å². The zero-order chi connectivity index (χ0) is 14.6. The van der Waals surface area contributed by atoms with Crippen molar-refractivity contribution in [2.24, 2.45) is 0 Å². The van der Waals surface area contributed by atoms with Crippen LogP contribution in [0.2, 0.25) is 0 Å². The molecule has 0 bridgehead atoms. The maximum Gasteiger partial charge on any atom is 0.194 e. The highest BCUT2D eigenvalue weighted by molar-refractivity contribution is 7.16. The number of hydrogen-bond donors (Lipinski definition) is 4. The van der Waals surface area contributed by atoms with E-state index >= 15 is 0 Å². The minimum absolute atomic E-state index is 0.0200. The Kier molecular flexibility index (Phi) is 4.50. The number of allylic oxidation sites excluding steroid dienone is 3. The molecule has 0 fully saturated rings. The van der Waals surface area contributed by atoms with E-state index in [9.17, 15) is 14.6 Å². The summed E-state index contributed by atoms with van der Waals surface area (Å²) in [6.45, 7) is 1.20. The second-order valence-corrected chi connectivity index (χ2v) is 4.42. The lowest BCUT2D eigenvalue weighted by molar-refractivity contribution is 0.315. The fourth-order valence-electron chi connectivity index (χ4n) is 1.10. The Balaban J connectivity index is 3.19. The van der Waals surface area contributed by atoms with Crippen LogP contribution in [0.1, 0.15) is 17.5 Å². The van der Waals surface area contributed by atoms with E-state index in [4.69, 9.17) is 16.1 Å². The highest BCUT2D eigenvalue weighted by Gasteiger charge is 2.12. The van der Waals surface area contributed by atoms with Crippen LogP contribution in [0.3, 0.4) is 0 Å². The van der Waals surface area contributed by atoms with E-state index in [0.29, 0.717) is 6.08 Å². The van der Waals surface area contributed by atoms with Crippen molar-refractivity contribution in [1.29, 1.82) is 5.26 Å². The predicted molar refractivity (Wildman–Crippen MR) is 69.0 cm³/mol. The molecule has 0 amide bonds. The van der Waals surface area contributed by atoms with E-state index in [2.05, 4.69) is 4.98 Å². The lowest BCUT2D eigenvalue weighted by Gasteiger charge is -1.99. The molecule has 19 heavy (non-hydrogen) atoms. The molecule has 0 aliphatic heterocycles. The molecule has 1 heterocycles. The summed E-state index contributed by atoms with van der Waals surface area (Å²) in [5, 5.41) is 36.6. The third-order valence-electron chi connectivity index (χ3n) is 1.85. The van der Waals surface area contributed by atoms with Crippen LogP contribution < -0.4 is 5.73 Å². The van der Waals surface area contributed by atoms with Gasteiger partial charge < -0.3 is 21.1 Å². The Morgan fingerprint density at radius 1 is 1.47 bits per heavy atom. The normalized spacial score (nSPS) is 13.9. The van der Waals surface area contributed by atoms with Crippen molar-refractivity contribution in [3.05, 3.63) is 39.8 Å². The van der Waals surface area contributed by atoms with Gasteiger partial charge in [-0.05, 0) is 6.92 Å². The molecule has 0 atom stereocenters. The van der Waals surface area contributed by atoms with Crippen LogP contribution in [-0.2, 0) is 0 Å². The monoisotopic (exact) mass is 283 g/mol. The van der Waals surface area contributed by atoms with Crippen LogP contribution in [0, 0.1) is 11.3 Å². The number of nitrogen functional groups attached to an aromatic ring is 1. The number of anilines is 1. The maximum atomic E-state index is 13.3. The molecule has 1 aromatic rings. The van der Waals surface area contributed by atoms with Crippen molar-refractivity contribution in [1.82, 2.24) is 4.98 Å². The van der Waals surface area contributed by atoms with Crippen molar-refractivity contribution >= 4 is 22.5 Å². The molecule has 1 rings (SSSR count). The fourth-order valence-corrected chi connectivity index (χ4v) is 1.71. The molecule has 0 saturated heterocycles. The van der Waals surface area contributed by atoms with Gasteiger partial charge in [0.1, 0.15) is 10.9 Å². The topological polar surface area (TPSA) is 123 Å². The maximum absolute atomic E-state index is 13.3. The summed E-state index contributed by atoms with van der Waals surface area (Å²) in [5.74, 6) is -3.52. The lowest BCUT2D eigenvalue weighted by Crippen LogP contribution is -1.92. The molecule has 8 heteroatoms. The molecule has 100 valence electrons. The standard InChI is InChI=1S/C11H10FN3O3S/c1-5(16)2-6(12)10(18)8(17)3-7-9(4-13)19-11(14)15-7/h2-3,16-18H,1H3,(H2,14,15)/b5-2+,8-3-,10-6-. The number of aliphatic hydroxyl groups is 3. The van der Waals surface area contributed by atoms with Gasteiger partial charge in [0, 0.05) is 12.2 Å². The Morgan fingerprint density at radius 2 is 2.11 bits per heavy atom. The molecule has 0 spiro atoms. The summed E-state index contributed by atoms with van der Waals surface area (Å²) in [6.07, 6.45) is 1.53. The lowest BCUT2D eigenvalue weighted by atomic mass is 10.2. The van der Waals surface area contributed by atoms with E-state index in [1.807, 2.05) is 0 Å². The molecule has 5 N–H and O–H groups in total. The molecule has 1 aromatic heterocycles. The van der Waals surface area contributed by atoms with Gasteiger partial charge in [0.2, 0.25) is 0 Å². The molecule has 0 aliphatic rings. The third kappa shape index (κ3) is 3.72. The number of rotatable bonds is 3. The molecule has 0 saturated carbocycles. The Bertz CT molecular complexity index is 622. The van der Waals surface area contributed by atoms with Gasteiger partial charge in [0.25, 0.3) is 0 Å². The van der Waals surface area contributed by atoms with Crippen LogP contribution in [0.5, 0.6) is 0 Å². The summed E-state index contributed by atoms with van der Waals surface area (Å²) in [4.78, 5) is 3.86. The first-order valence-corrected chi connectivity index (χ1v) is 5.70.